The normalized spacial score (nSPS) is 10.9. The van der Waals surface area contributed by atoms with E-state index in [-0.39, 0.29) is 29.9 Å². The van der Waals surface area contributed by atoms with E-state index in [0.717, 1.165) is 17.0 Å². The molecule has 1 amide bonds. The summed E-state index contributed by atoms with van der Waals surface area (Å²) >= 11 is 0. The minimum Gasteiger partial charge on any atom is -0.355 e. The Kier molecular flexibility index (Phi) is 8.56. The highest BCUT2D eigenvalue weighted by molar-refractivity contribution is 14.0. The van der Waals surface area contributed by atoms with Crippen LogP contribution in [0.1, 0.15) is 32.9 Å². The maximum absolute atomic E-state index is 11.7. The molecule has 0 saturated carbocycles. The summed E-state index contributed by atoms with van der Waals surface area (Å²) < 4.78 is 1.88. The smallest absolute Gasteiger partial charge is 0.251 e. The lowest BCUT2D eigenvalue weighted by Crippen LogP contribution is -2.36. The van der Waals surface area contributed by atoms with Crippen LogP contribution in [0.3, 0.4) is 0 Å². The fraction of sp³-hybridized carbons (Fsp3) is 0.389. The Balaban J connectivity index is 0.00000338. The van der Waals surface area contributed by atoms with Crippen molar-refractivity contribution < 1.29 is 4.79 Å². The summed E-state index contributed by atoms with van der Waals surface area (Å²) in [6, 6.07) is 7.51. The number of nitrogens with one attached hydrogen (secondary N) is 3. The van der Waals surface area contributed by atoms with Crippen molar-refractivity contribution >= 4 is 35.8 Å². The number of carbonyl (C=O) groups excluding carboxylic acids is 1. The van der Waals surface area contributed by atoms with E-state index < -0.39 is 0 Å². The van der Waals surface area contributed by atoms with Gasteiger partial charge in [0.15, 0.2) is 5.96 Å². The lowest BCUT2D eigenvalue weighted by atomic mass is 10.1. The fourth-order valence-electron chi connectivity index (χ4n) is 2.62. The van der Waals surface area contributed by atoms with Crippen molar-refractivity contribution in [1.82, 2.24) is 25.7 Å². The Labute approximate surface area is 171 Å². The van der Waals surface area contributed by atoms with Crippen LogP contribution in [0.25, 0.3) is 0 Å². The molecule has 1 aromatic heterocycles. The van der Waals surface area contributed by atoms with Crippen LogP contribution in [-0.2, 0) is 20.1 Å². The Morgan fingerprint density at radius 3 is 2.50 bits per heavy atom. The Morgan fingerprint density at radius 1 is 1.23 bits per heavy atom. The van der Waals surface area contributed by atoms with Crippen molar-refractivity contribution in [3.63, 3.8) is 0 Å². The van der Waals surface area contributed by atoms with Gasteiger partial charge in [0, 0.05) is 51.1 Å². The van der Waals surface area contributed by atoms with Gasteiger partial charge in [-0.15, -0.1) is 24.0 Å². The van der Waals surface area contributed by atoms with Crippen molar-refractivity contribution in [3.05, 3.63) is 52.3 Å². The van der Waals surface area contributed by atoms with Gasteiger partial charge in [-0.25, -0.2) is 0 Å². The van der Waals surface area contributed by atoms with Crippen LogP contribution in [0, 0.1) is 13.8 Å². The van der Waals surface area contributed by atoms with Gasteiger partial charge in [0.05, 0.1) is 5.69 Å². The van der Waals surface area contributed by atoms with Crippen molar-refractivity contribution in [2.24, 2.45) is 12.0 Å². The van der Waals surface area contributed by atoms with Crippen molar-refractivity contribution in [2.75, 3.05) is 14.1 Å². The first-order valence-electron chi connectivity index (χ1n) is 8.20. The maximum Gasteiger partial charge on any atom is 0.251 e. The largest absolute Gasteiger partial charge is 0.355 e. The molecule has 1 aromatic carbocycles. The van der Waals surface area contributed by atoms with E-state index in [4.69, 9.17) is 0 Å². The number of guanidine groups is 1. The molecule has 0 fully saturated rings. The summed E-state index contributed by atoms with van der Waals surface area (Å²) in [6.07, 6.45) is 0. The van der Waals surface area contributed by atoms with Gasteiger partial charge in [-0.05, 0) is 31.5 Å². The predicted octanol–water partition coefficient (Wildman–Crippen LogP) is 1.88. The average molecular weight is 470 g/mol. The Hall–Kier alpha value is -2.10. The molecule has 0 saturated heterocycles. The van der Waals surface area contributed by atoms with Gasteiger partial charge in [-0.3, -0.25) is 14.5 Å². The van der Waals surface area contributed by atoms with Crippen molar-refractivity contribution in [1.29, 1.82) is 0 Å². The molecule has 2 aromatic rings. The molecular weight excluding hydrogens is 443 g/mol. The molecule has 8 heteroatoms. The van der Waals surface area contributed by atoms with Crippen LogP contribution in [-0.4, -0.2) is 35.7 Å². The summed E-state index contributed by atoms with van der Waals surface area (Å²) in [5, 5.41) is 13.6. The second-order valence-corrected chi connectivity index (χ2v) is 5.83. The number of aryl methyl sites for hydroxylation is 2. The highest BCUT2D eigenvalue weighted by atomic mass is 127. The lowest BCUT2D eigenvalue weighted by Gasteiger charge is -2.13. The third kappa shape index (κ3) is 5.45. The number of benzene rings is 1. The summed E-state index contributed by atoms with van der Waals surface area (Å²) in [5.74, 6) is 0.611. The molecule has 0 bridgehead atoms. The molecule has 0 radical (unpaired) electrons. The van der Waals surface area contributed by atoms with E-state index in [1.165, 1.54) is 5.56 Å². The third-order valence-corrected chi connectivity index (χ3v) is 4.19. The molecule has 0 aliphatic heterocycles. The number of carbonyl (C=O) groups is 1. The molecule has 0 aliphatic rings. The van der Waals surface area contributed by atoms with Crippen LogP contribution >= 0.6 is 24.0 Å². The Bertz CT molecular complexity index is 784. The minimum atomic E-state index is -0.0908. The molecule has 0 atom stereocenters. The highest BCUT2D eigenvalue weighted by Crippen LogP contribution is 2.11. The van der Waals surface area contributed by atoms with Crippen LogP contribution in [0.5, 0.6) is 0 Å². The molecule has 0 unspecified atom stereocenters. The van der Waals surface area contributed by atoms with E-state index >= 15 is 0 Å². The van der Waals surface area contributed by atoms with Gasteiger partial charge in [0.2, 0.25) is 0 Å². The molecule has 3 N–H and O–H groups in total. The molecule has 7 nitrogen and oxygen atoms in total. The van der Waals surface area contributed by atoms with Gasteiger partial charge < -0.3 is 16.0 Å². The second-order valence-electron chi connectivity index (χ2n) is 5.83. The van der Waals surface area contributed by atoms with E-state index in [9.17, 15) is 4.79 Å². The molecular formula is C18H27IN6O. The maximum atomic E-state index is 11.7. The van der Waals surface area contributed by atoms with Gasteiger partial charge in [0.25, 0.3) is 5.91 Å². The van der Waals surface area contributed by atoms with Gasteiger partial charge in [0.1, 0.15) is 0 Å². The standard InChI is InChI=1S/C18H26N6O.HI/c1-12-16(13(2)24(5)23-12)11-22-18(20-4)21-10-14-7-6-8-15(9-14)17(25)19-3;/h6-9H,10-11H2,1-5H3,(H,19,25)(H2,20,21,22);1H. The van der Waals surface area contributed by atoms with E-state index in [1.807, 2.05) is 36.9 Å². The van der Waals surface area contributed by atoms with Gasteiger partial charge in [-0.2, -0.15) is 5.10 Å². The topological polar surface area (TPSA) is 83.3 Å². The van der Waals surface area contributed by atoms with E-state index in [2.05, 4.69) is 33.0 Å². The van der Waals surface area contributed by atoms with E-state index in [0.29, 0.717) is 24.6 Å². The van der Waals surface area contributed by atoms with Crippen LogP contribution in [0.4, 0.5) is 0 Å². The molecule has 2 rings (SSSR count). The third-order valence-electron chi connectivity index (χ3n) is 4.19. The molecule has 0 aliphatic carbocycles. The number of halogens is 1. The monoisotopic (exact) mass is 470 g/mol. The molecule has 142 valence electrons. The zero-order valence-electron chi connectivity index (χ0n) is 15.9. The number of aromatic nitrogens is 2. The predicted molar refractivity (Wildman–Crippen MR) is 115 cm³/mol. The quantitative estimate of drug-likeness (QED) is 0.354. The number of nitrogens with zero attached hydrogens (tertiary/aromatic N) is 3. The molecule has 0 spiro atoms. The van der Waals surface area contributed by atoms with Gasteiger partial charge in [-0.1, -0.05) is 12.1 Å². The first-order valence-corrected chi connectivity index (χ1v) is 8.20. The van der Waals surface area contributed by atoms with Crippen LogP contribution < -0.4 is 16.0 Å². The summed E-state index contributed by atoms with van der Waals surface area (Å²) in [4.78, 5) is 16.0. The summed E-state index contributed by atoms with van der Waals surface area (Å²) in [5.41, 5.74) is 4.98. The first kappa shape index (κ1) is 21.9. The number of hydrogen-bond acceptors (Lipinski definition) is 3. The lowest BCUT2D eigenvalue weighted by molar-refractivity contribution is 0.0963. The van der Waals surface area contributed by atoms with Gasteiger partial charge >= 0.3 is 0 Å². The number of rotatable bonds is 5. The second kappa shape index (κ2) is 10.1. The first-order chi connectivity index (χ1) is 12.0. The average Bonchev–Trinajstić information content (AvgIpc) is 2.87. The molecule has 1 heterocycles. The fourth-order valence-corrected chi connectivity index (χ4v) is 2.62. The SMILES string of the molecule is CN=C(NCc1cccc(C(=O)NC)c1)NCc1c(C)nn(C)c1C.I. The zero-order valence-corrected chi connectivity index (χ0v) is 18.2. The minimum absolute atomic E-state index is 0. The summed E-state index contributed by atoms with van der Waals surface area (Å²) in [7, 11) is 5.30. The Morgan fingerprint density at radius 2 is 1.92 bits per heavy atom. The number of amides is 1. The number of hydrogen-bond donors (Lipinski definition) is 3. The van der Waals surface area contributed by atoms with Crippen LogP contribution in [0.2, 0.25) is 0 Å². The molecule has 26 heavy (non-hydrogen) atoms. The van der Waals surface area contributed by atoms with Crippen molar-refractivity contribution in [3.8, 4) is 0 Å². The highest BCUT2D eigenvalue weighted by Gasteiger charge is 2.10. The van der Waals surface area contributed by atoms with Crippen molar-refractivity contribution in [2.45, 2.75) is 26.9 Å². The van der Waals surface area contributed by atoms with E-state index in [1.54, 1.807) is 20.2 Å². The zero-order chi connectivity index (χ0) is 18.4. The summed E-state index contributed by atoms with van der Waals surface area (Å²) in [6.45, 7) is 5.29. The van der Waals surface area contributed by atoms with Crippen LogP contribution in [0.15, 0.2) is 29.3 Å². The number of aliphatic imine (C=N–C) groups is 1.